The number of rotatable bonds is 12. The van der Waals surface area contributed by atoms with Crippen molar-refractivity contribution in [2.24, 2.45) is 0 Å². The van der Waals surface area contributed by atoms with Crippen LogP contribution in [0.25, 0.3) is 0 Å². The minimum absolute atomic E-state index is 0.0164. The van der Waals surface area contributed by atoms with Crippen molar-refractivity contribution in [3.05, 3.63) is 59.4 Å². The van der Waals surface area contributed by atoms with Crippen molar-refractivity contribution < 1.29 is 28.6 Å². The molecule has 7 nitrogen and oxygen atoms in total. The van der Waals surface area contributed by atoms with Gasteiger partial charge in [-0.25, -0.2) is 4.39 Å². The quantitative estimate of drug-likeness (QED) is 0.312. The van der Waals surface area contributed by atoms with Crippen molar-refractivity contribution in [2.45, 2.75) is 82.0 Å². The molecule has 8 heteroatoms. The summed E-state index contributed by atoms with van der Waals surface area (Å²) in [5, 5.41) is 14.5. The number of unbranched alkanes of at least 4 members (excludes halogenated alkanes) is 2. The molecule has 2 atom stereocenters. The third-order valence-corrected chi connectivity index (χ3v) is 8.12. The molecule has 2 bridgehead atoms. The van der Waals surface area contributed by atoms with Gasteiger partial charge in [-0.1, -0.05) is 12.5 Å². The fraction of sp³-hybridized carbons (Fsp3) is 0.533. The lowest BCUT2D eigenvalue weighted by Crippen LogP contribution is -2.48. The van der Waals surface area contributed by atoms with Crippen LogP contribution >= 0.6 is 0 Å². The molecule has 3 aliphatic rings. The summed E-state index contributed by atoms with van der Waals surface area (Å²) in [6.45, 7) is 1.59. The highest BCUT2D eigenvalue weighted by molar-refractivity contribution is 5.95. The molecule has 5 rings (SSSR count). The van der Waals surface area contributed by atoms with Gasteiger partial charge in [-0.3, -0.25) is 14.5 Å². The fourth-order valence-corrected chi connectivity index (χ4v) is 6.05. The molecule has 2 fully saturated rings. The Balaban J connectivity index is 1.15. The molecule has 3 aliphatic heterocycles. The first-order valence-corrected chi connectivity index (χ1v) is 13.9. The number of aliphatic hydroxyl groups is 1. The minimum atomic E-state index is -0.872. The van der Waals surface area contributed by atoms with Gasteiger partial charge in [0.25, 0.3) is 0 Å². The fourth-order valence-electron chi connectivity index (χ4n) is 6.05. The molecule has 0 unspecified atom stereocenters. The smallest absolute Gasteiger partial charge is 0.220 e. The van der Waals surface area contributed by atoms with E-state index in [2.05, 4.69) is 10.2 Å². The lowest BCUT2D eigenvalue weighted by atomic mass is 10.00. The Labute approximate surface area is 223 Å². The van der Waals surface area contributed by atoms with Crippen LogP contribution in [0.5, 0.6) is 11.5 Å². The largest absolute Gasteiger partial charge is 0.486 e. The molecular weight excluding hydrogens is 487 g/mol. The zero-order valence-electron chi connectivity index (χ0n) is 21.7. The second kappa shape index (κ2) is 12.3. The number of benzene rings is 2. The van der Waals surface area contributed by atoms with Gasteiger partial charge in [0, 0.05) is 37.0 Å². The van der Waals surface area contributed by atoms with E-state index in [1.165, 1.54) is 49.9 Å². The van der Waals surface area contributed by atoms with Crippen LogP contribution in [0.4, 0.5) is 4.39 Å². The van der Waals surface area contributed by atoms with Crippen LogP contribution in [-0.2, 0) is 4.79 Å². The van der Waals surface area contributed by atoms with Gasteiger partial charge in [-0.2, -0.15) is 0 Å². The molecule has 38 heavy (non-hydrogen) atoms. The molecule has 204 valence electrons. The summed E-state index contributed by atoms with van der Waals surface area (Å²) in [5.41, 5.74) is 1.21. The normalized spacial score (nSPS) is 21.7. The molecule has 1 amide bonds. The van der Waals surface area contributed by atoms with E-state index in [4.69, 9.17) is 9.47 Å². The molecule has 0 spiro atoms. The van der Waals surface area contributed by atoms with Gasteiger partial charge in [0.15, 0.2) is 17.3 Å². The van der Waals surface area contributed by atoms with Crippen molar-refractivity contribution in [1.29, 1.82) is 0 Å². The SMILES string of the molecule is O=C(CCCCCC(=O)c1ccc(F)cc1)N[C@H](CN1C2CCC1CC2)[C@H](O)c1ccc2c(c1)OCCO2. The van der Waals surface area contributed by atoms with Gasteiger partial charge in [-0.15, -0.1) is 0 Å². The first-order chi connectivity index (χ1) is 18.5. The van der Waals surface area contributed by atoms with E-state index in [0.29, 0.717) is 80.2 Å². The third-order valence-electron chi connectivity index (χ3n) is 8.12. The van der Waals surface area contributed by atoms with E-state index < -0.39 is 12.1 Å². The topological polar surface area (TPSA) is 88.1 Å². The van der Waals surface area contributed by atoms with Crippen molar-refractivity contribution in [1.82, 2.24) is 10.2 Å². The monoisotopic (exact) mass is 524 g/mol. The van der Waals surface area contributed by atoms with E-state index >= 15 is 0 Å². The zero-order valence-corrected chi connectivity index (χ0v) is 21.7. The molecule has 3 heterocycles. The predicted molar refractivity (Wildman–Crippen MR) is 141 cm³/mol. The molecular formula is C30H37FN2O5. The number of carbonyl (C=O) groups is 2. The van der Waals surface area contributed by atoms with Gasteiger partial charge < -0.3 is 19.9 Å². The second-order valence-corrected chi connectivity index (χ2v) is 10.7. The maximum Gasteiger partial charge on any atom is 0.220 e. The molecule has 0 aromatic heterocycles. The molecule has 0 aliphatic carbocycles. The Kier molecular flexibility index (Phi) is 8.59. The second-order valence-electron chi connectivity index (χ2n) is 10.7. The summed E-state index contributed by atoms with van der Waals surface area (Å²) in [6.07, 6.45) is 6.63. The summed E-state index contributed by atoms with van der Waals surface area (Å²) >= 11 is 0. The average Bonchev–Trinajstić information content (AvgIpc) is 3.51. The number of carbonyl (C=O) groups excluding carboxylic acids is 2. The summed E-state index contributed by atoms with van der Waals surface area (Å²) in [6, 6.07) is 11.7. The number of aliphatic hydroxyl groups excluding tert-OH is 1. The van der Waals surface area contributed by atoms with Crippen LogP contribution < -0.4 is 14.8 Å². The van der Waals surface area contributed by atoms with E-state index in [0.717, 1.165) is 6.42 Å². The summed E-state index contributed by atoms with van der Waals surface area (Å²) < 4.78 is 24.4. The number of Topliss-reactive ketones (excluding diaryl/α,β-unsaturated/α-hetero) is 1. The number of hydrogen-bond donors (Lipinski definition) is 2. The van der Waals surface area contributed by atoms with Gasteiger partial charge in [0.2, 0.25) is 5.91 Å². The van der Waals surface area contributed by atoms with Crippen molar-refractivity contribution >= 4 is 11.7 Å². The Morgan fingerprint density at radius 3 is 2.29 bits per heavy atom. The number of fused-ring (bicyclic) bond motifs is 3. The Morgan fingerprint density at radius 1 is 0.921 bits per heavy atom. The van der Waals surface area contributed by atoms with Crippen molar-refractivity contribution in [2.75, 3.05) is 19.8 Å². The van der Waals surface area contributed by atoms with Crippen LogP contribution in [0.15, 0.2) is 42.5 Å². The standard InChI is InChI=1S/C30H37FN2O5/c31-22-9-6-20(7-10-22)26(34)4-2-1-3-5-29(35)32-25(19-33-23-11-12-24(33)14-13-23)30(36)21-8-15-27-28(18-21)38-17-16-37-27/h6-10,15,18,23-25,30,36H,1-5,11-14,16-17,19H2,(H,32,35)/t23?,24?,25-,30-/m1/s1. The summed E-state index contributed by atoms with van der Waals surface area (Å²) in [7, 11) is 0. The van der Waals surface area contributed by atoms with Gasteiger partial charge >= 0.3 is 0 Å². The van der Waals surface area contributed by atoms with E-state index in [1.807, 2.05) is 18.2 Å². The van der Waals surface area contributed by atoms with Gasteiger partial charge in [0.05, 0.1) is 6.04 Å². The number of ether oxygens (including phenoxy) is 2. The van der Waals surface area contributed by atoms with Crippen molar-refractivity contribution in [3.63, 3.8) is 0 Å². The molecule has 2 saturated heterocycles. The number of halogens is 1. The predicted octanol–water partition coefficient (Wildman–Crippen LogP) is 4.58. The van der Waals surface area contributed by atoms with Gasteiger partial charge in [0.1, 0.15) is 25.1 Å². The lowest BCUT2D eigenvalue weighted by Gasteiger charge is -2.32. The molecule has 2 N–H and O–H groups in total. The number of ketones is 1. The van der Waals surface area contributed by atoms with Crippen molar-refractivity contribution in [3.8, 4) is 11.5 Å². The Morgan fingerprint density at radius 2 is 1.58 bits per heavy atom. The van der Waals surface area contributed by atoms with Crippen LogP contribution in [0.2, 0.25) is 0 Å². The number of nitrogens with one attached hydrogen (secondary N) is 1. The number of hydrogen-bond acceptors (Lipinski definition) is 6. The lowest BCUT2D eigenvalue weighted by molar-refractivity contribution is -0.123. The van der Waals surface area contributed by atoms with Crippen LogP contribution in [0.1, 0.15) is 79.8 Å². The molecule has 2 aromatic rings. The highest BCUT2D eigenvalue weighted by Gasteiger charge is 2.41. The first-order valence-electron chi connectivity index (χ1n) is 13.9. The number of amides is 1. The molecule has 2 aromatic carbocycles. The average molecular weight is 525 g/mol. The highest BCUT2D eigenvalue weighted by atomic mass is 19.1. The third kappa shape index (κ3) is 6.35. The van der Waals surface area contributed by atoms with Gasteiger partial charge in [-0.05, 0) is 80.5 Å². The van der Waals surface area contributed by atoms with E-state index in [-0.39, 0.29) is 17.5 Å². The molecule has 0 saturated carbocycles. The maximum atomic E-state index is 13.1. The maximum absolute atomic E-state index is 13.1. The molecule has 0 radical (unpaired) electrons. The van der Waals surface area contributed by atoms with Crippen LogP contribution in [0.3, 0.4) is 0 Å². The Hall–Kier alpha value is -2.97. The number of nitrogens with zero attached hydrogens (tertiary/aromatic N) is 1. The van der Waals surface area contributed by atoms with E-state index in [9.17, 15) is 19.1 Å². The summed E-state index contributed by atoms with van der Waals surface area (Å²) in [4.78, 5) is 27.7. The van der Waals surface area contributed by atoms with Crippen LogP contribution in [-0.4, -0.2) is 59.6 Å². The summed E-state index contributed by atoms with van der Waals surface area (Å²) in [5.74, 6) is 0.820. The first kappa shape index (κ1) is 26.6. The minimum Gasteiger partial charge on any atom is -0.486 e. The van der Waals surface area contributed by atoms with Crippen LogP contribution in [0, 0.1) is 5.82 Å². The zero-order chi connectivity index (χ0) is 26.5. The van der Waals surface area contributed by atoms with E-state index in [1.54, 1.807) is 0 Å². The highest BCUT2D eigenvalue weighted by Crippen LogP contribution is 2.39. The Bertz CT molecular complexity index is 1100.